The van der Waals surface area contributed by atoms with Crippen LogP contribution in [0.5, 0.6) is 5.75 Å². The lowest BCUT2D eigenvalue weighted by molar-refractivity contribution is -0.116. The van der Waals surface area contributed by atoms with E-state index in [-0.39, 0.29) is 24.9 Å². The summed E-state index contributed by atoms with van der Waals surface area (Å²) in [5, 5.41) is 11.6. The highest BCUT2D eigenvalue weighted by atomic mass is 19.1. The van der Waals surface area contributed by atoms with Crippen LogP contribution in [0.4, 0.5) is 4.39 Å². The first-order valence-corrected chi connectivity index (χ1v) is 7.64. The number of hydrogen-bond acceptors (Lipinski definition) is 3. The number of rotatable bonds is 7. The summed E-state index contributed by atoms with van der Waals surface area (Å²) < 4.78 is 18.3. The normalized spacial score (nSPS) is 11.2. The highest BCUT2D eigenvalue weighted by Crippen LogP contribution is 2.18. The number of benzene rings is 2. The minimum atomic E-state index is -0.310. The first kappa shape index (κ1) is 17.7. The quantitative estimate of drug-likeness (QED) is 0.768. The van der Waals surface area contributed by atoms with Crippen LogP contribution in [0.3, 0.4) is 0 Å². The Morgan fingerprint density at radius 3 is 2.62 bits per heavy atom. The topological polar surface area (TPSA) is 58.6 Å². The SMILES string of the molecule is C/C(=C/C(=O)NCc1ccccc1OCCO)c1ccc(F)cc1. The van der Waals surface area contributed by atoms with Gasteiger partial charge in [0, 0.05) is 18.2 Å². The minimum absolute atomic E-state index is 0.0692. The number of hydrogen-bond donors (Lipinski definition) is 2. The lowest BCUT2D eigenvalue weighted by atomic mass is 10.1. The molecule has 126 valence electrons. The number of para-hydroxylation sites is 1. The van der Waals surface area contributed by atoms with Crippen LogP contribution < -0.4 is 10.1 Å². The maximum Gasteiger partial charge on any atom is 0.244 e. The molecule has 2 N–H and O–H groups in total. The zero-order valence-electron chi connectivity index (χ0n) is 13.5. The van der Waals surface area contributed by atoms with Crippen molar-refractivity contribution < 1.29 is 19.0 Å². The molecule has 2 aromatic rings. The highest BCUT2D eigenvalue weighted by Gasteiger charge is 2.05. The average molecular weight is 329 g/mol. The van der Waals surface area contributed by atoms with Crippen LogP contribution in [0.2, 0.25) is 0 Å². The first-order chi connectivity index (χ1) is 11.6. The molecule has 0 aliphatic rings. The molecule has 0 saturated carbocycles. The van der Waals surface area contributed by atoms with Crippen molar-refractivity contribution in [1.82, 2.24) is 5.32 Å². The minimum Gasteiger partial charge on any atom is -0.491 e. The maximum absolute atomic E-state index is 12.9. The number of carbonyl (C=O) groups excluding carboxylic acids is 1. The second-order valence-electron chi connectivity index (χ2n) is 5.23. The van der Waals surface area contributed by atoms with E-state index in [4.69, 9.17) is 9.84 Å². The molecule has 1 amide bonds. The van der Waals surface area contributed by atoms with Crippen LogP contribution >= 0.6 is 0 Å². The number of nitrogens with one attached hydrogen (secondary N) is 1. The molecule has 2 rings (SSSR count). The summed E-state index contributed by atoms with van der Waals surface area (Å²) in [6, 6.07) is 13.3. The van der Waals surface area contributed by atoms with Crippen LogP contribution in [0.25, 0.3) is 5.57 Å². The van der Waals surface area contributed by atoms with Crippen molar-refractivity contribution in [3.05, 3.63) is 71.6 Å². The van der Waals surface area contributed by atoms with Gasteiger partial charge in [-0.15, -0.1) is 0 Å². The van der Waals surface area contributed by atoms with Crippen LogP contribution in [0, 0.1) is 5.82 Å². The van der Waals surface area contributed by atoms with Gasteiger partial charge in [-0.2, -0.15) is 0 Å². The van der Waals surface area contributed by atoms with E-state index in [1.807, 2.05) is 18.2 Å². The molecular weight excluding hydrogens is 309 g/mol. The molecule has 0 atom stereocenters. The molecule has 0 aliphatic heterocycles. The van der Waals surface area contributed by atoms with Crippen LogP contribution in [-0.2, 0) is 11.3 Å². The Hall–Kier alpha value is -2.66. The summed E-state index contributed by atoms with van der Waals surface area (Å²) >= 11 is 0. The van der Waals surface area contributed by atoms with Gasteiger partial charge < -0.3 is 15.2 Å². The van der Waals surface area contributed by atoms with Crippen molar-refractivity contribution in [3.8, 4) is 5.75 Å². The number of halogens is 1. The highest BCUT2D eigenvalue weighted by molar-refractivity contribution is 5.94. The fourth-order valence-electron chi connectivity index (χ4n) is 2.17. The smallest absolute Gasteiger partial charge is 0.244 e. The van der Waals surface area contributed by atoms with Crippen LogP contribution in [0.15, 0.2) is 54.6 Å². The van der Waals surface area contributed by atoms with E-state index >= 15 is 0 Å². The maximum atomic E-state index is 12.9. The molecule has 0 radical (unpaired) electrons. The monoisotopic (exact) mass is 329 g/mol. The molecule has 0 saturated heterocycles. The summed E-state index contributed by atoms with van der Waals surface area (Å²) in [6.45, 7) is 2.24. The van der Waals surface area contributed by atoms with E-state index in [0.717, 1.165) is 16.7 Å². The predicted molar refractivity (Wildman–Crippen MR) is 90.9 cm³/mol. The number of ether oxygens (including phenoxy) is 1. The second kappa shape index (κ2) is 8.84. The Kier molecular flexibility index (Phi) is 6.51. The zero-order chi connectivity index (χ0) is 17.4. The van der Waals surface area contributed by atoms with E-state index in [2.05, 4.69) is 5.32 Å². The molecule has 2 aromatic carbocycles. The number of aliphatic hydroxyl groups excluding tert-OH is 1. The number of amides is 1. The molecule has 0 bridgehead atoms. The Balaban J connectivity index is 1.98. The number of aliphatic hydroxyl groups is 1. The van der Waals surface area contributed by atoms with Gasteiger partial charge in [0.1, 0.15) is 18.2 Å². The van der Waals surface area contributed by atoms with E-state index in [9.17, 15) is 9.18 Å². The van der Waals surface area contributed by atoms with Gasteiger partial charge in [-0.1, -0.05) is 30.3 Å². The van der Waals surface area contributed by atoms with Gasteiger partial charge in [0.15, 0.2) is 0 Å². The van der Waals surface area contributed by atoms with Gasteiger partial charge in [-0.25, -0.2) is 4.39 Å². The third-order valence-corrected chi connectivity index (χ3v) is 3.42. The van der Waals surface area contributed by atoms with Crippen molar-refractivity contribution in [3.63, 3.8) is 0 Å². The molecule has 0 aliphatic carbocycles. The lowest BCUT2D eigenvalue weighted by Crippen LogP contribution is -2.21. The molecule has 0 heterocycles. The lowest BCUT2D eigenvalue weighted by Gasteiger charge is -2.11. The molecule has 0 spiro atoms. The van der Waals surface area contributed by atoms with Gasteiger partial charge >= 0.3 is 0 Å². The fourth-order valence-corrected chi connectivity index (χ4v) is 2.17. The third kappa shape index (κ3) is 5.21. The molecule has 5 heteroatoms. The Morgan fingerprint density at radius 1 is 1.21 bits per heavy atom. The van der Waals surface area contributed by atoms with E-state index in [0.29, 0.717) is 12.3 Å². The van der Waals surface area contributed by atoms with Crippen molar-refractivity contribution in [2.45, 2.75) is 13.5 Å². The largest absolute Gasteiger partial charge is 0.491 e. The summed E-state index contributed by atoms with van der Waals surface area (Å²) in [4.78, 5) is 12.0. The third-order valence-electron chi connectivity index (χ3n) is 3.42. The fraction of sp³-hybridized carbons (Fsp3) is 0.211. The average Bonchev–Trinajstić information content (AvgIpc) is 2.59. The molecule has 24 heavy (non-hydrogen) atoms. The van der Waals surface area contributed by atoms with Gasteiger partial charge in [0.25, 0.3) is 0 Å². The molecule has 0 fully saturated rings. The number of allylic oxidation sites excluding steroid dienone is 1. The van der Waals surface area contributed by atoms with Gasteiger partial charge in [0.05, 0.1) is 6.61 Å². The summed E-state index contributed by atoms with van der Waals surface area (Å²) in [6.07, 6.45) is 1.48. The Bertz CT molecular complexity index is 711. The first-order valence-electron chi connectivity index (χ1n) is 7.64. The summed E-state index contributed by atoms with van der Waals surface area (Å²) in [5.74, 6) is 0.0790. The van der Waals surface area contributed by atoms with Crippen LogP contribution in [-0.4, -0.2) is 24.2 Å². The van der Waals surface area contributed by atoms with E-state index in [1.54, 1.807) is 25.1 Å². The van der Waals surface area contributed by atoms with Gasteiger partial charge in [0.2, 0.25) is 5.91 Å². The van der Waals surface area contributed by atoms with Crippen molar-refractivity contribution in [1.29, 1.82) is 0 Å². The van der Waals surface area contributed by atoms with Crippen molar-refractivity contribution in [2.75, 3.05) is 13.2 Å². The Labute approximate surface area is 140 Å². The van der Waals surface area contributed by atoms with Gasteiger partial charge in [-0.3, -0.25) is 4.79 Å². The zero-order valence-corrected chi connectivity index (χ0v) is 13.5. The second-order valence-corrected chi connectivity index (χ2v) is 5.23. The van der Waals surface area contributed by atoms with E-state index < -0.39 is 0 Å². The standard InChI is InChI=1S/C19H20FNO3/c1-14(15-6-8-17(20)9-7-15)12-19(23)21-13-16-4-2-3-5-18(16)24-11-10-22/h2-9,12,22H,10-11,13H2,1H3,(H,21,23)/b14-12-. The van der Waals surface area contributed by atoms with Crippen molar-refractivity contribution in [2.24, 2.45) is 0 Å². The summed E-state index contributed by atoms with van der Waals surface area (Å²) in [5.41, 5.74) is 2.36. The molecular formula is C19H20FNO3. The Morgan fingerprint density at radius 2 is 1.92 bits per heavy atom. The number of carbonyl (C=O) groups is 1. The summed E-state index contributed by atoms with van der Waals surface area (Å²) in [7, 11) is 0. The molecule has 0 unspecified atom stereocenters. The van der Waals surface area contributed by atoms with Crippen molar-refractivity contribution >= 4 is 11.5 Å². The van der Waals surface area contributed by atoms with Crippen LogP contribution in [0.1, 0.15) is 18.1 Å². The molecule has 0 aromatic heterocycles. The molecule has 4 nitrogen and oxygen atoms in total. The van der Waals surface area contributed by atoms with Gasteiger partial charge in [-0.05, 0) is 36.3 Å². The predicted octanol–water partition coefficient (Wildman–Crippen LogP) is 2.92. The van der Waals surface area contributed by atoms with E-state index in [1.165, 1.54) is 18.2 Å².